The minimum Gasteiger partial charge on any atom is -0.353 e. The summed E-state index contributed by atoms with van der Waals surface area (Å²) in [7, 11) is 0. The quantitative estimate of drug-likeness (QED) is 0.511. The maximum absolute atomic E-state index is 12.5. The molecule has 0 spiro atoms. The van der Waals surface area contributed by atoms with Crippen molar-refractivity contribution in [3.05, 3.63) is 36.2 Å². The predicted octanol–water partition coefficient (Wildman–Crippen LogP) is 4.68. The van der Waals surface area contributed by atoms with Crippen molar-refractivity contribution in [2.45, 2.75) is 77.0 Å². The number of amides is 1. The number of hydrogen-bond donors (Lipinski definition) is 1. The summed E-state index contributed by atoms with van der Waals surface area (Å²) in [6.45, 7) is 9.58. The lowest BCUT2D eigenvalue weighted by atomic mass is 10.0. The van der Waals surface area contributed by atoms with E-state index in [1.165, 1.54) is 37.4 Å². The summed E-state index contributed by atoms with van der Waals surface area (Å²) in [5, 5.41) is 12.9. The summed E-state index contributed by atoms with van der Waals surface area (Å²) in [6, 6.07) is 10.4. The van der Waals surface area contributed by atoms with Crippen molar-refractivity contribution in [2.24, 2.45) is 5.92 Å². The zero-order valence-electron chi connectivity index (χ0n) is 19.2. The fourth-order valence-electron chi connectivity index (χ4n) is 4.00. The van der Waals surface area contributed by atoms with Crippen LogP contribution in [0.3, 0.4) is 0 Å². The standard InChI is InChI=1S/C24H37N5OS/c1-19(2)11-10-12-20(3)25-23(30)18-31-24-27-26-22(17-28-15-8-5-9-16-28)29(24)21-13-6-4-7-14-21/h4,6-7,13-14,19-20H,5,8-12,15-18H2,1-3H3,(H,25,30). The normalized spacial score (nSPS) is 15.9. The van der Waals surface area contributed by atoms with Gasteiger partial charge in [-0.25, -0.2) is 0 Å². The van der Waals surface area contributed by atoms with Gasteiger partial charge in [-0.15, -0.1) is 10.2 Å². The van der Waals surface area contributed by atoms with E-state index < -0.39 is 0 Å². The molecule has 1 amide bonds. The Morgan fingerprint density at radius 3 is 2.52 bits per heavy atom. The van der Waals surface area contributed by atoms with Crippen LogP contribution >= 0.6 is 11.8 Å². The zero-order valence-corrected chi connectivity index (χ0v) is 20.0. The van der Waals surface area contributed by atoms with Crippen LogP contribution in [0.15, 0.2) is 35.5 Å². The second-order valence-electron chi connectivity index (χ2n) is 8.99. The molecule has 0 bridgehead atoms. The molecule has 2 heterocycles. The number of benzene rings is 1. The van der Waals surface area contributed by atoms with Gasteiger partial charge >= 0.3 is 0 Å². The summed E-state index contributed by atoms with van der Waals surface area (Å²) in [4.78, 5) is 14.9. The summed E-state index contributed by atoms with van der Waals surface area (Å²) in [5.41, 5.74) is 1.05. The van der Waals surface area contributed by atoms with E-state index in [-0.39, 0.29) is 11.9 Å². The van der Waals surface area contributed by atoms with E-state index in [0.717, 1.165) is 49.1 Å². The molecule has 1 unspecified atom stereocenters. The Morgan fingerprint density at radius 1 is 1.06 bits per heavy atom. The molecular weight excluding hydrogens is 406 g/mol. The van der Waals surface area contributed by atoms with Gasteiger partial charge in [-0.05, 0) is 57.3 Å². The SMILES string of the molecule is CC(C)CCCC(C)NC(=O)CSc1nnc(CN2CCCCC2)n1-c1ccccc1. The lowest BCUT2D eigenvalue weighted by Crippen LogP contribution is -2.33. The molecule has 1 aromatic heterocycles. The summed E-state index contributed by atoms with van der Waals surface area (Å²) >= 11 is 1.46. The second kappa shape index (κ2) is 12.2. The molecule has 31 heavy (non-hydrogen) atoms. The smallest absolute Gasteiger partial charge is 0.230 e. The highest BCUT2D eigenvalue weighted by Crippen LogP contribution is 2.23. The lowest BCUT2D eigenvalue weighted by molar-refractivity contribution is -0.119. The summed E-state index contributed by atoms with van der Waals surface area (Å²) in [5.74, 6) is 2.06. The first-order valence-corrected chi connectivity index (χ1v) is 12.7. The Hall–Kier alpha value is -1.86. The van der Waals surface area contributed by atoms with E-state index in [1.807, 2.05) is 18.2 Å². The minimum atomic E-state index is 0.0576. The second-order valence-corrected chi connectivity index (χ2v) is 9.93. The molecule has 0 saturated carbocycles. The number of likely N-dealkylation sites (tertiary alicyclic amines) is 1. The van der Waals surface area contributed by atoms with Gasteiger partial charge in [0.1, 0.15) is 0 Å². The van der Waals surface area contributed by atoms with Crippen LogP contribution in [0.2, 0.25) is 0 Å². The molecule has 6 nitrogen and oxygen atoms in total. The first kappa shape index (κ1) is 23.8. The van der Waals surface area contributed by atoms with E-state index in [4.69, 9.17) is 0 Å². The number of carbonyl (C=O) groups excluding carboxylic acids is 1. The van der Waals surface area contributed by atoms with Gasteiger partial charge in [0.25, 0.3) is 0 Å². The minimum absolute atomic E-state index is 0.0576. The molecular formula is C24H37N5OS. The van der Waals surface area contributed by atoms with Crippen LogP contribution in [0.25, 0.3) is 5.69 Å². The van der Waals surface area contributed by atoms with Gasteiger partial charge < -0.3 is 5.32 Å². The highest BCUT2D eigenvalue weighted by molar-refractivity contribution is 7.99. The Morgan fingerprint density at radius 2 is 1.81 bits per heavy atom. The first-order valence-electron chi connectivity index (χ1n) is 11.7. The molecule has 0 aliphatic carbocycles. The van der Waals surface area contributed by atoms with E-state index in [1.54, 1.807) is 0 Å². The van der Waals surface area contributed by atoms with Crippen molar-refractivity contribution in [2.75, 3.05) is 18.8 Å². The molecule has 3 rings (SSSR count). The molecule has 1 aliphatic rings. The number of nitrogens with zero attached hydrogens (tertiary/aromatic N) is 4. The fourth-order valence-corrected chi connectivity index (χ4v) is 4.78. The van der Waals surface area contributed by atoms with Crippen LogP contribution < -0.4 is 5.32 Å². The largest absolute Gasteiger partial charge is 0.353 e. The van der Waals surface area contributed by atoms with Gasteiger partial charge in [0.15, 0.2) is 11.0 Å². The van der Waals surface area contributed by atoms with Gasteiger partial charge in [-0.3, -0.25) is 14.3 Å². The van der Waals surface area contributed by atoms with Crippen molar-refractivity contribution in [3.63, 3.8) is 0 Å². The zero-order chi connectivity index (χ0) is 22.1. The van der Waals surface area contributed by atoms with E-state index in [0.29, 0.717) is 11.7 Å². The molecule has 170 valence electrons. The predicted molar refractivity (Wildman–Crippen MR) is 128 cm³/mol. The van der Waals surface area contributed by atoms with Gasteiger partial charge in [0, 0.05) is 11.7 Å². The van der Waals surface area contributed by atoms with Gasteiger partial charge in [-0.1, -0.05) is 63.1 Å². The number of thioether (sulfide) groups is 1. The average Bonchev–Trinajstić information content (AvgIpc) is 3.15. The van der Waals surface area contributed by atoms with E-state index in [9.17, 15) is 4.79 Å². The molecule has 2 aromatic rings. The molecule has 1 saturated heterocycles. The number of carbonyl (C=O) groups is 1. The van der Waals surface area contributed by atoms with Crippen LogP contribution in [0.5, 0.6) is 0 Å². The van der Waals surface area contributed by atoms with Crippen molar-refractivity contribution in [1.82, 2.24) is 25.0 Å². The number of nitrogens with one attached hydrogen (secondary N) is 1. The van der Waals surface area contributed by atoms with Crippen LogP contribution in [-0.2, 0) is 11.3 Å². The maximum Gasteiger partial charge on any atom is 0.230 e. The molecule has 0 radical (unpaired) electrons. The topological polar surface area (TPSA) is 63.1 Å². The van der Waals surface area contributed by atoms with Crippen LogP contribution in [0.1, 0.15) is 65.1 Å². The first-order chi connectivity index (χ1) is 15.0. The van der Waals surface area contributed by atoms with Crippen molar-refractivity contribution >= 4 is 17.7 Å². The average molecular weight is 444 g/mol. The monoisotopic (exact) mass is 443 g/mol. The fraction of sp³-hybridized carbons (Fsp3) is 0.625. The number of para-hydroxylation sites is 1. The highest BCUT2D eigenvalue weighted by atomic mass is 32.2. The molecule has 1 atom stereocenters. The Balaban J connectivity index is 1.61. The summed E-state index contributed by atoms with van der Waals surface area (Å²) < 4.78 is 2.11. The number of rotatable bonds is 11. The maximum atomic E-state index is 12.5. The Kier molecular flexibility index (Phi) is 9.40. The van der Waals surface area contributed by atoms with Crippen LogP contribution in [-0.4, -0.2) is 50.5 Å². The van der Waals surface area contributed by atoms with E-state index in [2.05, 4.69) is 57.9 Å². The van der Waals surface area contributed by atoms with Gasteiger partial charge in [0.2, 0.25) is 5.91 Å². The Bertz CT molecular complexity index is 802. The molecule has 1 N–H and O–H groups in total. The van der Waals surface area contributed by atoms with Crippen molar-refractivity contribution < 1.29 is 4.79 Å². The van der Waals surface area contributed by atoms with Crippen LogP contribution in [0.4, 0.5) is 0 Å². The molecule has 1 aliphatic heterocycles. The molecule has 1 fully saturated rings. The number of aromatic nitrogens is 3. The Labute approximate surface area is 191 Å². The van der Waals surface area contributed by atoms with Crippen molar-refractivity contribution in [3.8, 4) is 5.69 Å². The lowest BCUT2D eigenvalue weighted by Gasteiger charge is -2.26. The van der Waals surface area contributed by atoms with Crippen LogP contribution in [0, 0.1) is 5.92 Å². The molecule has 7 heteroatoms. The number of hydrogen-bond acceptors (Lipinski definition) is 5. The highest BCUT2D eigenvalue weighted by Gasteiger charge is 2.19. The third-order valence-electron chi connectivity index (χ3n) is 5.69. The molecule has 1 aromatic carbocycles. The third kappa shape index (κ3) is 7.65. The van der Waals surface area contributed by atoms with Gasteiger partial charge in [-0.2, -0.15) is 0 Å². The summed E-state index contributed by atoms with van der Waals surface area (Å²) in [6.07, 6.45) is 7.18. The number of piperidine rings is 1. The third-order valence-corrected chi connectivity index (χ3v) is 6.62. The van der Waals surface area contributed by atoms with Crippen molar-refractivity contribution in [1.29, 1.82) is 0 Å². The van der Waals surface area contributed by atoms with E-state index >= 15 is 0 Å². The van der Waals surface area contributed by atoms with Gasteiger partial charge in [0.05, 0.1) is 12.3 Å².